The van der Waals surface area contributed by atoms with Crippen LogP contribution in [0.15, 0.2) is 16.5 Å². The minimum Gasteiger partial charge on any atom is -0.456 e. The van der Waals surface area contributed by atoms with Gasteiger partial charge in [0.15, 0.2) is 11.5 Å². The standard InChI is InChI=1S/C14H20O4/c1-16-10-12-6-8-14(18-12)13(15)7-5-11-4-2-3-9-17-11/h6,8,11H,2-5,7,9-10H2,1H3. The lowest BCUT2D eigenvalue weighted by atomic mass is 10.0. The van der Waals surface area contributed by atoms with Crippen molar-refractivity contribution in [3.8, 4) is 0 Å². The summed E-state index contributed by atoms with van der Waals surface area (Å²) in [5.41, 5.74) is 0. The maximum atomic E-state index is 11.9. The molecule has 0 aliphatic carbocycles. The Balaban J connectivity index is 1.79. The number of carbonyl (C=O) groups is 1. The average molecular weight is 252 g/mol. The molecule has 1 saturated heterocycles. The fourth-order valence-corrected chi connectivity index (χ4v) is 2.20. The highest BCUT2D eigenvalue weighted by Crippen LogP contribution is 2.19. The molecule has 4 heteroatoms. The van der Waals surface area contributed by atoms with Crippen LogP contribution in [0.4, 0.5) is 0 Å². The normalized spacial score (nSPS) is 19.9. The molecule has 2 heterocycles. The minimum absolute atomic E-state index is 0.0477. The Labute approximate surface area is 107 Å². The molecule has 0 spiro atoms. The lowest BCUT2D eigenvalue weighted by Gasteiger charge is -2.21. The van der Waals surface area contributed by atoms with Crippen LogP contribution in [0.3, 0.4) is 0 Å². The third-order valence-corrected chi connectivity index (χ3v) is 3.19. The van der Waals surface area contributed by atoms with Crippen LogP contribution >= 0.6 is 0 Å². The van der Waals surface area contributed by atoms with Crippen LogP contribution < -0.4 is 0 Å². The van der Waals surface area contributed by atoms with E-state index in [1.165, 1.54) is 6.42 Å². The summed E-state index contributed by atoms with van der Waals surface area (Å²) in [4.78, 5) is 11.9. The fraction of sp³-hybridized carbons (Fsp3) is 0.643. The first-order chi connectivity index (χ1) is 8.79. The van der Waals surface area contributed by atoms with Gasteiger partial charge in [0.25, 0.3) is 0 Å². The number of furan rings is 1. The molecule has 0 aromatic carbocycles. The van der Waals surface area contributed by atoms with Gasteiger partial charge in [0.1, 0.15) is 12.4 Å². The van der Waals surface area contributed by atoms with Gasteiger partial charge in [0.2, 0.25) is 0 Å². The molecular formula is C14H20O4. The highest BCUT2D eigenvalue weighted by Gasteiger charge is 2.17. The van der Waals surface area contributed by atoms with E-state index in [0.29, 0.717) is 24.5 Å². The zero-order chi connectivity index (χ0) is 12.8. The number of carbonyl (C=O) groups excluding carboxylic acids is 1. The van der Waals surface area contributed by atoms with Gasteiger partial charge in [-0.3, -0.25) is 4.79 Å². The van der Waals surface area contributed by atoms with E-state index in [1.54, 1.807) is 19.2 Å². The monoisotopic (exact) mass is 252 g/mol. The van der Waals surface area contributed by atoms with Crippen LogP contribution in [0, 0.1) is 0 Å². The molecule has 100 valence electrons. The Morgan fingerprint density at radius 2 is 2.33 bits per heavy atom. The van der Waals surface area contributed by atoms with E-state index >= 15 is 0 Å². The SMILES string of the molecule is COCc1ccc(C(=O)CCC2CCCCO2)o1. The molecular weight excluding hydrogens is 232 g/mol. The van der Waals surface area contributed by atoms with Crippen molar-refractivity contribution in [1.29, 1.82) is 0 Å². The summed E-state index contributed by atoms with van der Waals surface area (Å²) in [7, 11) is 1.60. The number of methoxy groups -OCH3 is 1. The summed E-state index contributed by atoms with van der Waals surface area (Å²) in [6, 6.07) is 3.51. The van der Waals surface area contributed by atoms with Crippen LogP contribution in [-0.4, -0.2) is 25.6 Å². The first-order valence-electron chi connectivity index (χ1n) is 6.52. The summed E-state index contributed by atoms with van der Waals surface area (Å²) in [5.74, 6) is 1.17. The van der Waals surface area contributed by atoms with Crippen LogP contribution in [0.25, 0.3) is 0 Å². The maximum Gasteiger partial charge on any atom is 0.198 e. The highest BCUT2D eigenvalue weighted by atomic mass is 16.5. The number of rotatable bonds is 6. The van der Waals surface area contributed by atoms with E-state index in [2.05, 4.69) is 0 Å². The molecule has 1 aliphatic heterocycles. The van der Waals surface area contributed by atoms with Gasteiger partial charge in [-0.2, -0.15) is 0 Å². The molecule has 1 aromatic heterocycles. The quantitative estimate of drug-likeness (QED) is 0.730. The first kappa shape index (κ1) is 13.3. The molecule has 1 unspecified atom stereocenters. The van der Waals surface area contributed by atoms with E-state index in [9.17, 15) is 4.79 Å². The zero-order valence-corrected chi connectivity index (χ0v) is 10.8. The van der Waals surface area contributed by atoms with E-state index in [1.807, 2.05) is 0 Å². The number of ketones is 1. The second-order valence-corrected chi connectivity index (χ2v) is 4.65. The van der Waals surface area contributed by atoms with Gasteiger partial charge in [0.05, 0.1) is 6.10 Å². The first-order valence-corrected chi connectivity index (χ1v) is 6.52. The van der Waals surface area contributed by atoms with Crippen LogP contribution in [-0.2, 0) is 16.1 Å². The third kappa shape index (κ3) is 3.68. The Hall–Kier alpha value is -1.13. The Kier molecular flexibility index (Phi) is 4.96. The summed E-state index contributed by atoms with van der Waals surface area (Å²) in [5, 5.41) is 0. The van der Waals surface area contributed by atoms with Crippen LogP contribution in [0.1, 0.15) is 48.4 Å². The van der Waals surface area contributed by atoms with Crippen LogP contribution in [0.2, 0.25) is 0 Å². The predicted molar refractivity (Wildman–Crippen MR) is 66.6 cm³/mol. The summed E-state index contributed by atoms with van der Waals surface area (Å²) in [6.45, 7) is 1.23. The third-order valence-electron chi connectivity index (χ3n) is 3.19. The van der Waals surface area contributed by atoms with Crippen molar-refractivity contribution in [1.82, 2.24) is 0 Å². The van der Waals surface area contributed by atoms with Gasteiger partial charge in [-0.25, -0.2) is 0 Å². The van der Waals surface area contributed by atoms with Gasteiger partial charge >= 0.3 is 0 Å². The van der Waals surface area contributed by atoms with Gasteiger partial charge < -0.3 is 13.9 Å². The van der Waals surface area contributed by atoms with Crippen LogP contribution in [0.5, 0.6) is 0 Å². The maximum absolute atomic E-state index is 11.9. The molecule has 2 rings (SSSR count). The van der Waals surface area contributed by atoms with E-state index in [-0.39, 0.29) is 11.9 Å². The highest BCUT2D eigenvalue weighted by molar-refractivity contribution is 5.93. The molecule has 0 radical (unpaired) electrons. The van der Waals surface area contributed by atoms with Crippen molar-refractivity contribution in [2.75, 3.05) is 13.7 Å². The summed E-state index contributed by atoms with van der Waals surface area (Å²) in [6.07, 6.45) is 4.95. The average Bonchev–Trinajstić information content (AvgIpc) is 2.86. The van der Waals surface area contributed by atoms with Crippen molar-refractivity contribution in [3.05, 3.63) is 23.7 Å². The van der Waals surface area contributed by atoms with Gasteiger partial charge in [0, 0.05) is 20.1 Å². The van der Waals surface area contributed by atoms with Crippen molar-refractivity contribution >= 4 is 5.78 Å². The van der Waals surface area contributed by atoms with E-state index < -0.39 is 0 Å². The number of hydrogen-bond acceptors (Lipinski definition) is 4. The van der Waals surface area contributed by atoms with Gasteiger partial charge in [-0.05, 0) is 37.8 Å². The van der Waals surface area contributed by atoms with E-state index in [4.69, 9.17) is 13.9 Å². The Bertz CT molecular complexity index is 377. The summed E-state index contributed by atoms with van der Waals surface area (Å²) >= 11 is 0. The molecule has 1 aromatic rings. The second-order valence-electron chi connectivity index (χ2n) is 4.65. The van der Waals surface area contributed by atoms with Crippen molar-refractivity contribution in [2.24, 2.45) is 0 Å². The zero-order valence-electron chi connectivity index (χ0n) is 10.8. The van der Waals surface area contributed by atoms with Gasteiger partial charge in [-0.15, -0.1) is 0 Å². The second kappa shape index (κ2) is 6.71. The van der Waals surface area contributed by atoms with E-state index in [0.717, 1.165) is 25.9 Å². The summed E-state index contributed by atoms with van der Waals surface area (Å²) < 4.78 is 16.0. The lowest BCUT2D eigenvalue weighted by Crippen LogP contribution is -2.19. The number of ether oxygens (including phenoxy) is 2. The minimum atomic E-state index is 0.0477. The molecule has 0 N–H and O–H groups in total. The molecule has 1 atom stereocenters. The molecule has 18 heavy (non-hydrogen) atoms. The molecule has 0 saturated carbocycles. The topological polar surface area (TPSA) is 48.7 Å². The molecule has 1 aliphatic rings. The lowest BCUT2D eigenvalue weighted by molar-refractivity contribution is 0.0103. The van der Waals surface area contributed by atoms with Crippen molar-refractivity contribution in [3.63, 3.8) is 0 Å². The Morgan fingerprint density at radius 3 is 3.06 bits per heavy atom. The molecule has 1 fully saturated rings. The smallest absolute Gasteiger partial charge is 0.198 e. The largest absolute Gasteiger partial charge is 0.456 e. The van der Waals surface area contributed by atoms with Crippen molar-refractivity contribution < 1.29 is 18.7 Å². The molecule has 4 nitrogen and oxygen atoms in total. The Morgan fingerprint density at radius 1 is 1.44 bits per heavy atom. The molecule has 0 amide bonds. The molecule has 0 bridgehead atoms. The van der Waals surface area contributed by atoms with Crippen molar-refractivity contribution in [2.45, 2.75) is 44.8 Å². The fourth-order valence-electron chi connectivity index (χ4n) is 2.20. The van der Waals surface area contributed by atoms with Gasteiger partial charge in [-0.1, -0.05) is 0 Å². The predicted octanol–water partition coefficient (Wildman–Crippen LogP) is 2.96. The number of hydrogen-bond donors (Lipinski definition) is 0. The number of Topliss-reactive ketones (excluding diaryl/α,β-unsaturated/α-hetero) is 1.